The number of hydrogen-bond donors (Lipinski definition) is 0. The van der Waals surface area contributed by atoms with Gasteiger partial charge in [-0.05, 0) is 35.4 Å². The highest BCUT2D eigenvalue weighted by Gasteiger charge is 2.05. The Balaban J connectivity index is 2.14. The summed E-state index contributed by atoms with van der Waals surface area (Å²) in [5.74, 6) is 0. The summed E-state index contributed by atoms with van der Waals surface area (Å²) >= 11 is 7.07. The van der Waals surface area contributed by atoms with Gasteiger partial charge in [-0.1, -0.05) is 37.9 Å². The van der Waals surface area contributed by atoms with E-state index in [1.54, 1.807) is 0 Å². The first-order valence-corrected chi connectivity index (χ1v) is 7.56. The van der Waals surface area contributed by atoms with Gasteiger partial charge in [-0.3, -0.25) is 4.98 Å². The van der Waals surface area contributed by atoms with Crippen LogP contribution in [0.5, 0.6) is 0 Å². The van der Waals surface area contributed by atoms with Crippen LogP contribution in [-0.4, -0.2) is 12.0 Å². The highest BCUT2D eigenvalue weighted by Crippen LogP contribution is 2.25. The molecule has 0 unspecified atom stereocenters. The molecule has 0 amide bonds. The van der Waals surface area contributed by atoms with Crippen molar-refractivity contribution in [1.82, 2.24) is 4.98 Å². The Labute approximate surface area is 124 Å². The maximum absolute atomic E-state index is 4.03. The van der Waals surface area contributed by atoms with Crippen LogP contribution in [0.1, 0.15) is 11.1 Å². The lowest BCUT2D eigenvalue weighted by atomic mass is 10.2. The smallest absolute Gasteiger partial charge is 0.0427 e. The number of pyridine rings is 1. The van der Waals surface area contributed by atoms with Gasteiger partial charge in [-0.2, -0.15) is 0 Å². The van der Waals surface area contributed by atoms with Gasteiger partial charge >= 0.3 is 0 Å². The van der Waals surface area contributed by atoms with Crippen molar-refractivity contribution >= 4 is 37.5 Å². The number of benzene rings is 1. The number of anilines is 1. The second-order valence-electron chi connectivity index (χ2n) is 4.12. The zero-order valence-electron chi connectivity index (χ0n) is 10.1. The number of rotatable bonds is 4. The molecule has 4 heteroatoms. The number of alkyl halides is 1. The van der Waals surface area contributed by atoms with Crippen molar-refractivity contribution in [2.75, 3.05) is 11.9 Å². The van der Waals surface area contributed by atoms with Gasteiger partial charge in [0.2, 0.25) is 0 Å². The molecule has 1 heterocycles. The highest BCUT2D eigenvalue weighted by molar-refractivity contribution is 9.10. The van der Waals surface area contributed by atoms with Gasteiger partial charge in [0, 0.05) is 41.5 Å². The summed E-state index contributed by atoms with van der Waals surface area (Å²) in [6.45, 7) is 0.878. The standard InChI is InChI=1S/C14H14Br2N2/c1-18(10-11-4-6-17-7-5-11)13-3-2-12(9-15)14(16)8-13/h2-8H,9-10H2,1H3. The Kier molecular flexibility index (Phi) is 4.78. The predicted molar refractivity (Wildman–Crippen MR) is 83.1 cm³/mol. The molecular weight excluding hydrogens is 356 g/mol. The molecule has 0 saturated heterocycles. The van der Waals surface area contributed by atoms with Gasteiger partial charge < -0.3 is 4.90 Å². The minimum Gasteiger partial charge on any atom is -0.370 e. The van der Waals surface area contributed by atoms with E-state index >= 15 is 0 Å². The number of hydrogen-bond acceptors (Lipinski definition) is 2. The van der Waals surface area contributed by atoms with Crippen molar-refractivity contribution < 1.29 is 0 Å². The molecule has 0 saturated carbocycles. The predicted octanol–water partition coefficient (Wildman–Crippen LogP) is 4.38. The van der Waals surface area contributed by atoms with E-state index in [0.29, 0.717) is 0 Å². The normalized spacial score (nSPS) is 10.4. The Morgan fingerprint density at radius 1 is 1.17 bits per heavy atom. The maximum Gasteiger partial charge on any atom is 0.0427 e. The lowest BCUT2D eigenvalue weighted by Gasteiger charge is -2.20. The number of aromatic nitrogens is 1. The van der Waals surface area contributed by atoms with E-state index in [-0.39, 0.29) is 0 Å². The molecule has 94 valence electrons. The minimum absolute atomic E-state index is 0.863. The van der Waals surface area contributed by atoms with E-state index in [4.69, 9.17) is 0 Å². The average Bonchev–Trinajstić information content (AvgIpc) is 2.39. The van der Waals surface area contributed by atoms with Crippen molar-refractivity contribution in [3.8, 4) is 0 Å². The van der Waals surface area contributed by atoms with Gasteiger partial charge in [0.1, 0.15) is 0 Å². The fourth-order valence-electron chi connectivity index (χ4n) is 1.74. The Morgan fingerprint density at radius 3 is 2.50 bits per heavy atom. The van der Waals surface area contributed by atoms with E-state index in [2.05, 4.69) is 67.0 Å². The van der Waals surface area contributed by atoms with Crippen LogP contribution in [0.3, 0.4) is 0 Å². The zero-order valence-corrected chi connectivity index (χ0v) is 13.3. The van der Waals surface area contributed by atoms with Crippen LogP contribution in [0.25, 0.3) is 0 Å². The first kappa shape index (κ1) is 13.6. The molecule has 0 spiro atoms. The zero-order chi connectivity index (χ0) is 13.0. The first-order chi connectivity index (χ1) is 8.70. The molecular formula is C14H14Br2N2. The first-order valence-electron chi connectivity index (χ1n) is 5.65. The van der Waals surface area contributed by atoms with E-state index < -0.39 is 0 Å². The van der Waals surface area contributed by atoms with Crippen molar-refractivity contribution in [3.05, 3.63) is 58.3 Å². The second-order valence-corrected chi connectivity index (χ2v) is 5.54. The Hall–Kier alpha value is -0.870. The third-order valence-electron chi connectivity index (χ3n) is 2.79. The van der Waals surface area contributed by atoms with Crippen LogP contribution in [0.2, 0.25) is 0 Å². The number of nitrogens with zero attached hydrogens (tertiary/aromatic N) is 2. The molecule has 0 radical (unpaired) electrons. The molecule has 0 aliphatic carbocycles. The van der Waals surface area contributed by atoms with Crippen molar-refractivity contribution in [3.63, 3.8) is 0 Å². The molecule has 0 N–H and O–H groups in total. The van der Waals surface area contributed by atoms with Gasteiger partial charge in [0.25, 0.3) is 0 Å². The average molecular weight is 370 g/mol. The lowest BCUT2D eigenvalue weighted by molar-refractivity contribution is 0.918. The molecule has 1 aromatic carbocycles. The molecule has 2 nitrogen and oxygen atoms in total. The number of halogens is 2. The monoisotopic (exact) mass is 368 g/mol. The molecule has 2 rings (SSSR count). The molecule has 0 bridgehead atoms. The van der Waals surface area contributed by atoms with E-state index in [1.807, 2.05) is 24.5 Å². The molecule has 2 aromatic rings. The summed E-state index contributed by atoms with van der Waals surface area (Å²) in [5.41, 5.74) is 3.72. The van der Waals surface area contributed by atoms with Crippen LogP contribution in [0.15, 0.2) is 47.2 Å². The molecule has 0 aliphatic rings. The third kappa shape index (κ3) is 3.33. The van der Waals surface area contributed by atoms with Gasteiger partial charge in [-0.25, -0.2) is 0 Å². The van der Waals surface area contributed by atoms with Crippen LogP contribution in [0.4, 0.5) is 5.69 Å². The molecule has 1 aromatic heterocycles. The van der Waals surface area contributed by atoms with E-state index in [0.717, 1.165) is 16.3 Å². The van der Waals surface area contributed by atoms with Gasteiger partial charge in [0.15, 0.2) is 0 Å². The fourth-order valence-corrected chi connectivity index (χ4v) is 3.11. The SMILES string of the molecule is CN(Cc1ccncc1)c1ccc(CBr)c(Br)c1. The van der Waals surface area contributed by atoms with Crippen molar-refractivity contribution in [1.29, 1.82) is 0 Å². The summed E-state index contributed by atoms with van der Waals surface area (Å²) in [7, 11) is 2.09. The topological polar surface area (TPSA) is 16.1 Å². The maximum atomic E-state index is 4.03. The van der Waals surface area contributed by atoms with Crippen molar-refractivity contribution in [2.45, 2.75) is 11.9 Å². The molecule has 18 heavy (non-hydrogen) atoms. The van der Waals surface area contributed by atoms with Crippen LogP contribution in [0, 0.1) is 0 Å². The van der Waals surface area contributed by atoms with Gasteiger partial charge in [-0.15, -0.1) is 0 Å². The summed E-state index contributed by atoms with van der Waals surface area (Å²) < 4.78 is 1.14. The summed E-state index contributed by atoms with van der Waals surface area (Å²) in [6.07, 6.45) is 3.65. The minimum atomic E-state index is 0.863. The second kappa shape index (κ2) is 6.34. The quantitative estimate of drug-likeness (QED) is 0.743. The molecule has 0 aliphatic heterocycles. The fraction of sp³-hybridized carbons (Fsp3) is 0.214. The van der Waals surface area contributed by atoms with Crippen LogP contribution >= 0.6 is 31.9 Å². The van der Waals surface area contributed by atoms with Crippen LogP contribution in [-0.2, 0) is 11.9 Å². The van der Waals surface area contributed by atoms with E-state index in [9.17, 15) is 0 Å². The molecule has 0 fully saturated rings. The lowest BCUT2D eigenvalue weighted by Crippen LogP contribution is -2.16. The Morgan fingerprint density at radius 2 is 1.89 bits per heavy atom. The Bertz CT molecular complexity index is 514. The van der Waals surface area contributed by atoms with Gasteiger partial charge in [0.05, 0.1) is 0 Å². The third-order valence-corrected chi connectivity index (χ3v) is 4.13. The summed E-state index contributed by atoms with van der Waals surface area (Å²) in [4.78, 5) is 6.25. The highest BCUT2D eigenvalue weighted by atomic mass is 79.9. The summed E-state index contributed by atoms with van der Waals surface area (Å²) in [6, 6.07) is 10.5. The largest absolute Gasteiger partial charge is 0.370 e. The van der Waals surface area contributed by atoms with Crippen LogP contribution < -0.4 is 4.90 Å². The van der Waals surface area contributed by atoms with E-state index in [1.165, 1.54) is 16.8 Å². The summed E-state index contributed by atoms with van der Waals surface area (Å²) in [5, 5.41) is 0.863. The van der Waals surface area contributed by atoms with Crippen molar-refractivity contribution in [2.24, 2.45) is 0 Å². The molecule has 0 atom stereocenters.